The molecule has 2 atom stereocenters. The summed E-state index contributed by atoms with van der Waals surface area (Å²) in [4.78, 5) is 1.21. The van der Waals surface area contributed by atoms with Gasteiger partial charge in [0.1, 0.15) is 0 Å². The van der Waals surface area contributed by atoms with Crippen molar-refractivity contribution in [2.24, 2.45) is 5.41 Å². The molecule has 1 saturated carbocycles. The van der Waals surface area contributed by atoms with Crippen molar-refractivity contribution in [2.45, 2.75) is 49.3 Å². The fourth-order valence-electron chi connectivity index (χ4n) is 2.70. The summed E-state index contributed by atoms with van der Waals surface area (Å²) in [7, 11) is 2.06. The van der Waals surface area contributed by atoms with E-state index in [-0.39, 0.29) is 0 Å². The third kappa shape index (κ3) is 4.04. The van der Waals surface area contributed by atoms with E-state index in [4.69, 9.17) is 23.2 Å². The van der Waals surface area contributed by atoms with Crippen LogP contribution in [0.4, 0.5) is 0 Å². The highest BCUT2D eigenvalue weighted by Gasteiger charge is 2.34. The summed E-state index contributed by atoms with van der Waals surface area (Å²) in [6.45, 7) is 4.72. The predicted molar refractivity (Wildman–Crippen MR) is 86.6 cm³/mol. The average molecular weight is 318 g/mol. The maximum atomic E-state index is 6.10. The molecular formula is C15H21Cl2NS. The van der Waals surface area contributed by atoms with Gasteiger partial charge in [-0.25, -0.2) is 0 Å². The van der Waals surface area contributed by atoms with E-state index in [0.29, 0.717) is 26.8 Å². The lowest BCUT2D eigenvalue weighted by atomic mass is 9.75. The van der Waals surface area contributed by atoms with Crippen molar-refractivity contribution in [3.05, 3.63) is 28.2 Å². The fraction of sp³-hybridized carbons (Fsp3) is 0.600. The van der Waals surface area contributed by atoms with Crippen LogP contribution in [0.5, 0.6) is 0 Å². The Bertz CT molecular complexity index is 448. The first-order chi connectivity index (χ1) is 8.91. The molecule has 0 spiro atoms. The van der Waals surface area contributed by atoms with Gasteiger partial charge in [0.25, 0.3) is 0 Å². The minimum absolute atomic E-state index is 0.432. The first-order valence-electron chi connectivity index (χ1n) is 6.70. The van der Waals surface area contributed by atoms with Crippen LogP contribution in [-0.4, -0.2) is 18.3 Å². The van der Waals surface area contributed by atoms with E-state index in [9.17, 15) is 0 Å². The lowest BCUT2D eigenvalue weighted by Crippen LogP contribution is -2.43. The van der Waals surface area contributed by atoms with E-state index in [2.05, 4.69) is 32.3 Å². The Morgan fingerprint density at radius 2 is 2.00 bits per heavy atom. The molecule has 1 fully saturated rings. The van der Waals surface area contributed by atoms with Crippen molar-refractivity contribution in [3.63, 3.8) is 0 Å². The average Bonchev–Trinajstić information content (AvgIpc) is 2.33. The van der Waals surface area contributed by atoms with Crippen molar-refractivity contribution in [1.82, 2.24) is 5.32 Å². The van der Waals surface area contributed by atoms with Crippen LogP contribution in [-0.2, 0) is 0 Å². The van der Waals surface area contributed by atoms with Crippen LogP contribution in [0.15, 0.2) is 23.1 Å². The van der Waals surface area contributed by atoms with Gasteiger partial charge in [-0.05, 0) is 49.9 Å². The predicted octanol–water partition coefficient (Wildman–Crippen LogP) is 5.25. The third-order valence-corrected chi connectivity index (χ3v) is 5.95. The quantitative estimate of drug-likeness (QED) is 0.816. The summed E-state index contributed by atoms with van der Waals surface area (Å²) < 4.78 is 0. The van der Waals surface area contributed by atoms with E-state index in [0.717, 1.165) is 0 Å². The van der Waals surface area contributed by atoms with Gasteiger partial charge >= 0.3 is 0 Å². The van der Waals surface area contributed by atoms with Crippen LogP contribution in [0.25, 0.3) is 0 Å². The van der Waals surface area contributed by atoms with Crippen molar-refractivity contribution in [2.75, 3.05) is 7.05 Å². The second-order valence-electron chi connectivity index (χ2n) is 6.03. The summed E-state index contributed by atoms with van der Waals surface area (Å²) >= 11 is 14.0. The van der Waals surface area contributed by atoms with Crippen LogP contribution in [0.2, 0.25) is 10.0 Å². The summed E-state index contributed by atoms with van der Waals surface area (Å²) in [5.41, 5.74) is 0.432. The van der Waals surface area contributed by atoms with Crippen molar-refractivity contribution < 1.29 is 0 Å². The second-order valence-corrected chi connectivity index (χ2v) is 8.16. The number of thioether (sulfide) groups is 1. The molecule has 2 rings (SSSR count). The first kappa shape index (κ1) is 15.5. The van der Waals surface area contributed by atoms with Gasteiger partial charge in [-0.3, -0.25) is 0 Å². The lowest BCUT2D eigenvalue weighted by Gasteiger charge is -2.40. The monoisotopic (exact) mass is 317 g/mol. The molecule has 1 aliphatic rings. The summed E-state index contributed by atoms with van der Waals surface area (Å²) in [5.74, 6) is 0. The van der Waals surface area contributed by atoms with E-state index in [1.54, 1.807) is 0 Å². The minimum atomic E-state index is 0.432. The number of benzene rings is 1. The van der Waals surface area contributed by atoms with Crippen molar-refractivity contribution in [1.29, 1.82) is 0 Å². The smallest absolute Gasteiger partial charge is 0.0603 e. The van der Waals surface area contributed by atoms with Crippen LogP contribution < -0.4 is 5.32 Å². The van der Waals surface area contributed by atoms with Crippen LogP contribution in [0.1, 0.15) is 33.1 Å². The maximum absolute atomic E-state index is 6.10. The zero-order valence-electron chi connectivity index (χ0n) is 11.7. The van der Waals surface area contributed by atoms with Gasteiger partial charge in [0.2, 0.25) is 0 Å². The molecule has 1 aromatic rings. The highest BCUT2D eigenvalue weighted by Crippen LogP contribution is 2.43. The molecule has 1 aromatic carbocycles. The topological polar surface area (TPSA) is 12.0 Å². The summed E-state index contributed by atoms with van der Waals surface area (Å²) in [5, 5.41) is 5.31. The molecular weight excluding hydrogens is 297 g/mol. The van der Waals surface area contributed by atoms with Gasteiger partial charge in [0.05, 0.1) is 10.0 Å². The molecule has 0 amide bonds. The number of hydrogen-bond acceptors (Lipinski definition) is 2. The molecule has 0 heterocycles. The minimum Gasteiger partial charge on any atom is -0.316 e. The third-order valence-electron chi connectivity index (χ3n) is 3.88. The van der Waals surface area contributed by atoms with E-state index in [1.165, 1.54) is 24.2 Å². The first-order valence-corrected chi connectivity index (χ1v) is 8.34. The Labute approximate surface area is 130 Å². The molecule has 0 radical (unpaired) electrons. The SMILES string of the molecule is CNC1CCC(C)(C)CC1Sc1ccc(Cl)c(Cl)c1. The van der Waals surface area contributed by atoms with Gasteiger partial charge in [-0.1, -0.05) is 37.0 Å². The maximum Gasteiger partial charge on any atom is 0.0603 e. The number of halogens is 2. The van der Waals surface area contributed by atoms with Gasteiger partial charge in [-0.15, -0.1) is 11.8 Å². The van der Waals surface area contributed by atoms with Crippen LogP contribution in [0, 0.1) is 5.41 Å². The van der Waals surface area contributed by atoms with Gasteiger partial charge in [-0.2, -0.15) is 0 Å². The second kappa shape index (κ2) is 6.26. The number of rotatable bonds is 3. The number of hydrogen-bond donors (Lipinski definition) is 1. The van der Waals surface area contributed by atoms with E-state index < -0.39 is 0 Å². The van der Waals surface area contributed by atoms with Gasteiger partial charge < -0.3 is 5.32 Å². The highest BCUT2D eigenvalue weighted by molar-refractivity contribution is 8.00. The van der Waals surface area contributed by atoms with Crippen LogP contribution in [0.3, 0.4) is 0 Å². The van der Waals surface area contributed by atoms with Crippen molar-refractivity contribution >= 4 is 35.0 Å². The molecule has 0 aliphatic heterocycles. The Morgan fingerprint density at radius 3 is 2.63 bits per heavy atom. The molecule has 1 N–H and O–H groups in total. The zero-order valence-corrected chi connectivity index (χ0v) is 14.0. The standard InChI is InChI=1S/C15H21Cl2NS/c1-15(2)7-6-13(18-3)14(9-15)19-10-4-5-11(16)12(17)8-10/h4-5,8,13-14,18H,6-7,9H2,1-3H3. The largest absolute Gasteiger partial charge is 0.316 e. The molecule has 19 heavy (non-hydrogen) atoms. The molecule has 0 aromatic heterocycles. The van der Waals surface area contributed by atoms with E-state index >= 15 is 0 Å². The molecule has 1 nitrogen and oxygen atoms in total. The zero-order chi connectivity index (χ0) is 14.0. The fourth-order valence-corrected chi connectivity index (χ4v) is 4.72. The van der Waals surface area contributed by atoms with E-state index in [1.807, 2.05) is 23.9 Å². The Morgan fingerprint density at radius 1 is 1.26 bits per heavy atom. The van der Waals surface area contributed by atoms with Crippen LogP contribution >= 0.6 is 35.0 Å². The van der Waals surface area contributed by atoms with Gasteiger partial charge in [0.15, 0.2) is 0 Å². The lowest BCUT2D eigenvalue weighted by molar-refractivity contribution is 0.218. The van der Waals surface area contributed by atoms with Crippen molar-refractivity contribution in [3.8, 4) is 0 Å². The summed E-state index contributed by atoms with van der Waals surface area (Å²) in [6, 6.07) is 6.50. The Hall–Kier alpha value is 0.110. The number of nitrogens with one attached hydrogen (secondary N) is 1. The molecule has 4 heteroatoms. The molecule has 106 valence electrons. The Balaban J connectivity index is 2.12. The Kier molecular flexibility index (Phi) is 5.10. The molecule has 2 unspecified atom stereocenters. The highest BCUT2D eigenvalue weighted by atomic mass is 35.5. The normalized spacial score (nSPS) is 26.4. The molecule has 0 saturated heterocycles. The van der Waals surface area contributed by atoms with Gasteiger partial charge in [0, 0.05) is 16.2 Å². The molecule has 0 bridgehead atoms. The summed E-state index contributed by atoms with van der Waals surface area (Å²) in [6.07, 6.45) is 3.75. The molecule has 1 aliphatic carbocycles.